The van der Waals surface area contributed by atoms with Crippen molar-refractivity contribution in [2.24, 2.45) is 5.92 Å². The fraction of sp³-hybridized carbons (Fsp3) is 0.391. The van der Waals surface area contributed by atoms with Crippen LogP contribution in [-0.4, -0.2) is 43.0 Å². The van der Waals surface area contributed by atoms with E-state index in [1.807, 2.05) is 6.07 Å². The Morgan fingerprint density at radius 1 is 1.04 bits per heavy atom. The maximum absolute atomic E-state index is 12.5. The lowest BCUT2D eigenvalue weighted by Crippen LogP contribution is -2.39. The molecule has 0 radical (unpaired) electrons. The summed E-state index contributed by atoms with van der Waals surface area (Å²) in [6, 6.07) is 17.5. The number of hydrogen-bond donors (Lipinski definition) is 1. The zero-order chi connectivity index (χ0) is 19.8. The molecule has 28 heavy (non-hydrogen) atoms. The van der Waals surface area contributed by atoms with Gasteiger partial charge in [0.05, 0.1) is 24.4 Å². The van der Waals surface area contributed by atoms with Crippen LogP contribution >= 0.6 is 0 Å². The van der Waals surface area contributed by atoms with E-state index in [4.69, 9.17) is 4.74 Å². The molecule has 0 saturated carbocycles. The Kier molecular flexibility index (Phi) is 7.20. The predicted octanol–water partition coefficient (Wildman–Crippen LogP) is 3.76. The van der Waals surface area contributed by atoms with E-state index in [2.05, 4.69) is 34.5 Å². The van der Waals surface area contributed by atoms with Crippen LogP contribution < -0.4 is 5.32 Å². The van der Waals surface area contributed by atoms with E-state index in [0.29, 0.717) is 30.3 Å². The summed E-state index contributed by atoms with van der Waals surface area (Å²) in [6.45, 7) is 4.25. The van der Waals surface area contributed by atoms with E-state index in [-0.39, 0.29) is 5.91 Å². The lowest BCUT2D eigenvalue weighted by Gasteiger charge is -2.31. The molecule has 1 aliphatic heterocycles. The summed E-state index contributed by atoms with van der Waals surface area (Å²) in [5, 5.41) is 2.87. The number of nitrogens with one attached hydrogen (secondary N) is 1. The average molecular weight is 380 g/mol. The van der Waals surface area contributed by atoms with E-state index in [1.165, 1.54) is 5.56 Å². The van der Waals surface area contributed by atoms with Gasteiger partial charge in [0.25, 0.3) is 0 Å². The first kappa shape index (κ1) is 20.1. The van der Waals surface area contributed by atoms with Gasteiger partial charge >= 0.3 is 5.97 Å². The molecule has 2 aromatic carbocycles. The first-order chi connectivity index (χ1) is 13.7. The highest BCUT2D eigenvalue weighted by molar-refractivity contribution is 6.01. The van der Waals surface area contributed by atoms with Gasteiger partial charge in [0, 0.05) is 0 Å². The van der Waals surface area contributed by atoms with Gasteiger partial charge in [0.1, 0.15) is 0 Å². The number of nitrogens with zero attached hydrogens (tertiary/aromatic N) is 1. The first-order valence-corrected chi connectivity index (χ1v) is 9.98. The molecular weight excluding hydrogens is 352 g/mol. The molecule has 0 aliphatic carbocycles. The molecule has 1 aliphatic rings. The van der Waals surface area contributed by atoms with Crippen LogP contribution in [0.5, 0.6) is 0 Å². The van der Waals surface area contributed by atoms with Crippen molar-refractivity contribution in [2.75, 3.05) is 31.6 Å². The Morgan fingerprint density at radius 3 is 2.43 bits per heavy atom. The third-order valence-electron chi connectivity index (χ3n) is 5.14. The second-order valence-corrected chi connectivity index (χ2v) is 7.22. The van der Waals surface area contributed by atoms with Gasteiger partial charge in [0.2, 0.25) is 5.91 Å². The van der Waals surface area contributed by atoms with Gasteiger partial charge in [-0.25, -0.2) is 4.79 Å². The molecule has 3 rings (SSSR count). The molecule has 1 fully saturated rings. The van der Waals surface area contributed by atoms with Gasteiger partial charge in [-0.05, 0) is 62.9 Å². The number of hydrogen-bond acceptors (Lipinski definition) is 4. The Morgan fingerprint density at radius 2 is 1.71 bits per heavy atom. The van der Waals surface area contributed by atoms with E-state index < -0.39 is 5.97 Å². The lowest BCUT2D eigenvalue weighted by atomic mass is 9.90. The topological polar surface area (TPSA) is 58.6 Å². The molecule has 5 nitrogen and oxygen atoms in total. The smallest absolute Gasteiger partial charge is 0.340 e. The van der Waals surface area contributed by atoms with Gasteiger partial charge in [-0.2, -0.15) is 0 Å². The van der Waals surface area contributed by atoms with Crippen LogP contribution in [0, 0.1) is 5.92 Å². The number of ether oxygens (including phenoxy) is 1. The van der Waals surface area contributed by atoms with Crippen LogP contribution in [0.4, 0.5) is 5.69 Å². The molecule has 1 N–H and O–H groups in total. The molecule has 2 aromatic rings. The normalized spacial score (nSPS) is 15.2. The SMILES string of the molecule is CCOC(=O)c1ccccc1NC(=O)CN1CCC(Cc2ccccc2)CC1. The highest BCUT2D eigenvalue weighted by atomic mass is 16.5. The molecule has 1 heterocycles. The average Bonchev–Trinajstić information content (AvgIpc) is 2.71. The quantitative estimate of drug-likeness (QED) is 0.743. The number of benzene rings is 2. The van der Waals surface area contributed by atoms with Crippen LogP contribution in [0.25, 0.3) is 0 Å². The molecule has 1 saturated heterocycles. The van der Waals surface area contributed by atoms with Gasteiger partial charge in [0.15, 0.2) is 0 Å². The van der Waals surface area contributed by atoms with Gasteiger partial charge in [-0.3, -0.25) is 9.69 Å². The molecule has 0 aromatic heterocycles. The zero-order valence-electron chi connectivity index (χ0n) is 16.4. The van der Waals surface area contributed by atoms with Crippen LogP contribution in [0.15, 0.2) is 54.6 Å². The number of piperidine rings is 1. The van der Waals surface area contributed by atoms with Crippen molar-refractivity contribution in [3.05, 3.63) is 65.7 Å². The third-order valence-corrected chi connectivity index (χ3v) is 5.14. The van der Waals surface area contributed by atoms with Crippen molar-refractivity contribution >= 4 is 17.6 Å². The lowest BCUT2D eigenvalue weighted by molar-refractivity contribution is -0.117. The van der Waals surface area contributed by atoms with Crippen molar-refractivity contribution in [1.29, 1.82) is 0 Å². The standard InChI is InChI=1S/C23H28N2O3/c1-2-28-23(27)20-10-6-7-11-21(20)24-22(26)17-25-14-12-19(13-15-25)16-18-8-4-3-5-9-18/h3-11,19H,2,12-17H2,1H3,(H,24,26). The fourth-order valence-electron chi connectivity index (χ4n) is 3.67. The minimum atomic E-state index is -0.417. The van der Waals surface area contributed by atoms with E-state index in [9.17, 15) is 9.59 Å². The largest absolute Gasteiger partial charge is 0.462 e. The second-order valence-electron chi connectivity index (χ2n) is 7.22. The Labute approximate surface area is 166 Å². The van der Waals surface area contributed by atoms with E-state index >= 15 is 0 Å². The molecule has 0 spiro atoms. The van der Waals surface area contributed by atoms with E-state index in [0.717, 1.165) is 32.4 Å². The number of amides is 1. The Bertz CT molecular complexity index is 783. The molecule has 1 amide bonds. The van der Waals surface area contributed by atoms with Gasteiger partial charge in [-0.1, -0.05) is 42.5 Å². The summed E-state index contributed by atoms with van der Waals surface area (Å²) in [6.07, 6.45) is 3.30. The van der Waals surface area contributed by atoms with E-state index in [1.54, 1.807) is 31.2 Å². The fourth-order valence-corrected chi connectivity index (χ4v) is 3.67. The summed E-state index contributed by atoms with van der Waals surface area (Å²) in [4.78, 5) is 26.7. The zero-order valence-corrected chi connectivity index (χ0v) is 16.4. The molecular formula is C23H28N2O3. The monoisotopic (exact) mass is 380 g/mol. The summed E-state index contributed by atoms with van der Waals surface area (Å²) in [5.41, 5.74) is 2.28. The molecule has 0 atom stereocenters. The number of carbonyl (C=O) groups is 2. The predicted molar refractivity (Wildman–Crippen MR) is 110 cm³/mol. The number of esters is 1. The van der Waals surface area contributed by atoms with Crippen molar-refractivity contribution in [2.45, 2.75) is 26.2 Å². The molecule has 0 unspecified atom stereocenters. The summed E-state index contributed by atoms with van der Waals surface area (Å²) in [5.74, 6) is 0.157. The summed E-state index contributed by atoms with van der Waals surface area (Å²) in [7, 11) is 0. The van der Waals surface area contributed by atoms with Crippen LogP contribution in [0.2, 0.25) is 0 Å². The first-order valence-electron chi connectivity index (χ1n) is 9.98. The molecule has 5 heteroatoms. The summed E-state index contributed by atoms with van der Waals surface area (Å²) < 4.78 is 5.06. The van der Waals surface area contributed by atoms with Crippen LogP contribution in [0.3, 0.4) is 0 Å². The minimum Gasteiger partial charge on any atom is -0.462 e. The maximum Gasteiger partial charge on any atom is 0.340 e. The Hall–Kier alpha value is -2.66. The maximum atomic E-state index is 12.5. The van der Waals surface area contributed by atoms with Crippen molar-refractivity contribution in [3.63, 3.8) is 0 Å². The highest BCUT2D eigenvalue weighted by Gasteiger charge is 2.22. The van der Waals surface area contributed by atoms with Gasteiger partial charge < -0.3 is 10.1 Å². The second kappa shape index (κ2) is 10.0. The third kappa shape index (κ3) is 5.67. The highest BCUT2D eigenvalue weighted by Crippen LogP contribution is 2.22. The molecule has 148 valence electrons. The van der Waals surface area contributed by atoms with Crippen LogP contribution in [0.1, 0.15) is 35.7 Å². The number of rotatable bonds is 7. The van der Waals surface area contributed by atoms with Gasteiger partial charge in [-0.15, -0.1) is 0 Å². The number of para-hydroxylation sites is 1. The minimum absolute atomic E-state index is 0.0988. The van der Waals surface area contributed by atoms with Crippen LogP contribution in [-0.2, 0) is 16.0 Å². The number of carbonyl (C=O) groups excluding carboxylic acids is 2. The van der Waals surface area contributed by atoms with Crippen molar-refractivity contribution in [3.8, 4) is 0 Å². The molecule has 0 bridgehead atoms. The van der Waals surface area contributed by atoms with Crippen molar-refractivity contribution in [1.82, 2.24) is 4.90 Å². The van der Waals surface area contributed by atoms with Crippen molar-refractivity contribution < 1.29 is 14.3 Å². The summed E-state index contributed by atoms with van der Waals surface area (Å²) >= 11 is 0. The Balaban J connectivity index is 1.48. The number of anilines is 1. The number of likely N-dealkylation sites (tertiary alicyclic amines) is 1.